The molecular formula is C9H16ClN3O8. The summed E-state index contributed by atoms with van der Waals surface area (Å²) in [5, 5.41) is 39.5. The van der Waals surface area contributed by atoms with Gasteiger partial charge < -0.3 is 25.2 Å². The van der Waals surface area contributed by atoms with Gasteiger partial charge in [-0.05, 0) is 0 Å². The van der Waals surface area contributed by atoms with Crippen LogP contribution in [0.2, 0.25) is 0 Å². The van der Waals surface area contributed by atoms with Gasteiger partial charge in [0.2, 0.25) is 0 Å². The van der Waals surface area contributed by atoms with Gasteiger partial charge in [-0.15, -0.1) is 16.5 Å². The van der Waals surface area contributed by atoms with Crippen molar-refractivity contribution in [2.45, 2.75) is 24.4 Å². The Bertz CT molecular complexity index is 347. The highest BCUT2D eigenvalue weighted by atomic mass is 35.5. The number of nitrogens with one attached hydrogen (secondary N) is 1. The molecule has 4 atom stereocenters. The summed E-state index contributed by atoms with van der Waals surface area (Å²) in [4.78, 5) is 36.8. The number of hydrogen-bond donors (Lipinski definition) is 5. The molecule has 0 aromatic carbocycles. The summed E-state index contributed by atoms with van der Waals surface area (Å²) in [5.41, 5.74) is 1.66. The number of nitroso groups, excluding NO2 is 1. The molecule has 0 heterocycles. The van der Waals surface area contributed by atoms with E-state index in [0.29, 0.717) is 5.01 Å². The minimum Gasteiger partial charge on any atom is -0.394 e. The lowest BCUT2D eigenvalue weighted by atomic mass is 10.0. The minimum absolute atomic E-state index is 0.0152. The first kappa shape index (κ1) is 19.6. The summed E-state index contributed by atoms with van der Waals surface area (Å²) in [6, 6.07) is -1.17. The second-order valence-electron chi connectivity index (χ2n) is 3.75. The Morgan fingerprint density at radius 2 is 2.05 bits per heavy atom. The van der Waals surface area contributed by atoms with Crippen molar-refractivity contribution in [2.24, 2.45) is 5.29 Å². The van der Waals surface area contributed by atoms with Crippen LogP contribution < -0.4 is 5.48 Å². The quantitative estimate of drug-likeness (QED) is 0.127. The fourth-order valence-corrected chi connectivity index (χ4v) is 1.34. The molecule has 0 unspecified atom stereocenters. The van der Waals surface area contributed by atoms with Gasteiger partial charge >= 0.3 is 6.03 Å². The maximum atomic E-state index is 11.4. The monoisotopic (exact) mass is 329 g/mol. The van der Waals surface area contributed by atoms with Crippen LogP contribution in [0, 0.1) is 4.91 Å². The fourth-order valence-electron chi connectivity index (χ4n) is 1.18. The van der Waals surface area contributed by atoms with Crippen LogP contribution >= 0.6 is 11.6 Å². The van der Waals surface area contributed by atoms with E-state index < -0.39 is 37.1 Å². The van der Waals surface area contributed by atoms with Crippen LogP contribution in [0.4, 0.5) is 4.79 Å². The van der Waals surface area contributed by atoms with Gasteiger partial charge in [-0.25, -0.2) is 10.3 Å². The number of rotatable bonds is 10. The fraction of sp³-hybridized carbons (Fsp3) is 0.778. The first-order valence-corrected chi connectivity index (χ1v) is 6.19. The van der Waals surface area contributed by atoms with Gasteiger partial charge in [0.15, 0.2) is 6.29 Å². The molecule has 5 N–H and O–H groups in total. The molecule has 122 valence electrons. The van der Waals surface area contributed by atoms with E-state index in [-0.39, 0.29) is 18.7 Å². The van der Waals surface area contributed by atoms with Crippen molar-refractivity contribution in [3.8, 4) is 0 Å². The van der Waals surface area contributed by atoms with Crippen molar-refractivity contribution in [3.05, 3.63) is 4.91 Å². The third kappa shape index (κ3) is 6.29. The molecule has 0 aromatic heterocycles. The number of aliphatic hydroxyl groups excluding tert-OH is 4. The van der Waals surface area contributed by atoms with Gasteiger partial charge in [0.25, 0.3) is 0 Å². The van der Waals surface area contributed by atoms with Crippen LogP contribution in [0.1, 0.15) is 0 Å². The molecule has 0 bridgehead atoms. The average Bonchev–Trinajstić information content (AvgIpc) is 2.50. The number of nitrogens with zero attached hydrogens (tertiary/aromatic N) is 2. The van der Waals surface area contributed by atoms with E-state index in [1.807, 2.05) is 0 Å². The third-order valence-corrected chi connectivity index (χ3v) is 2.47. The summed E-state index contributed by atoms with van der Waals surface area (Å²) < 4.78 is 0. The Kier molecular flexibility index (Phi) is 9.69. The van der Waals surface area contributed by atoms with Crippen LogP contribution in [0.25, 0.3) is 0 Å². The van der Waals surface area contributed by atoms with Gasteiger partial charge in [0.05, 0.1) is 18.4 Å². The number of carbonyl (C=O) groups excluding carboxylic acids is 2. The zero-order valence-corrected chi connectivity index (χ0v) is 11.5. The molecule has 0 aliphatic carbocycles. The van der Waals surface area contributed by atoms with Crippen molar-refractivity contribution in [1.82, 2.24) is 10.5 Å². The van der Waals surface area contributed by atoms with E-state index in [2.05, 4.69) is 10.1 Å². The van der Waals surface area contributed by atoms with E-state index in [4.69, 9.17) is 16.7 Å². The number of aldehydes is 1. The van der Waals surface area contributed by atoms with Crippen molar-refractivity contribution in [1.29, 1.82) is 0 Å². The number of halogens is 1. The van der Waals surface area contributed by atoms with Crippen LogP contribution in [0.3, 0.4) is 0 Å². The van der Waals surface area contributed by atoms with E-state index in [0.717, 1.165) is 0 Å². The Hall–Kier alpha value is -1.37. The van der Waals surface area contributed by atoms with Crippen molar-refractivity contribution in [3.63, 3.8) is 0 Å². The summed E-state index contributed by atoms with van der Waals surface area (Å²) in [6.45, 7) is -1.11. The third-order valence-electron chi connectivity index (χ3n) is 2.31. The van der Waals surface area contributed by atoms with Crippen LogP contribution in [0.15, 0.2) is 5.29 Å². The minimum atomic E-state index is -1.91. The van der Waals surface area contributed by atoms with Gasteiger partial charge in [-0.1, -0.05) is 0 Å². The Morgan fingerprint density at radius 1 is 1.43 bits per heavy atom. The van der Waals surface area contributed by atoms with Crippen LogP contribution in [-0.2, 0) is 9.63 Å². The number of urea groups is 1. The molecular weight excluding hydrogens is 314 g/mol. The molecule has 0 radical (unpaired) electrons. The van der Waals surface area contributed by atoms with Gasteiger partial charge in [-0.2, -0.15) is 5.01 Å². The number of aliphatic hydroxyl groups is 4. The summed E-state index contributed by atoms with van der Waals surface area (Å²) in [6.07, 6.45) is -7.32. The number of hydroxylamine groups is 1. The first-order valence-electron chi connectivity index (χ1n) is 5.65. The standard InChI is InChI=1S/C9H16ClN3O8/c10-1-2-13(12-20)9(19)11-21-8(6(17)4-15)7(18)5(16)3-14/h4-8,14,16-18H,1-3H2,(H,11,19)/t5-,6+,7-,8-/m1/s1. The molecule has 21 heavy (non-hydrogen) atoms. The van der Waals surface area contributed by atoms with Gasteiger partial charge in [0.1, 0.15) is 24.4 Å². The summed E-state index contributed by atoms with van der Waals surface area (Å²) in [7, 11) is 0. The van der Waals surface area contributed by atoms with Gasteiger partial charge in [0, 0.05) is 5.88 Å². The largest absolute Gasteiger partial charge is 0.394 e. The predicted molar refractivity (Wildman–Crippen MR) is 67.8 cm³/mol. The lowest BCUT2D eigenvalue weighted by Crippen LogP contribution is -2.52. The second kappa shape index (κ2) is 10.4. The molecule has 2 amide bonds. The second-order valence-corrected chi connectivity index (χ2v) is 4.13. The summed E-state index contributed by atoms with van der Waals surface area (Å²) in [5.74, 6) is -0.0919. The highest BCUT2D eigenvalue weighted by Gasteiger charge is 2.34. The normalized spacial score (nSPS) is 16.4. The molecule has 12 heteroatoms. The van der Waals surface area contributed by atoms with Crippen LogP contribution in [-0.4, -0.2) is 81.2 Å². The van der Waals surface area contributed by atoms with Crippen molar-refractivity contribution >= 4 is 23.9 Å². The maximum absolute atomic E-state index is 11.4. The molecule has 0 saturated carbocycles. The number of carbonyl (C=O) groups is 2. The van der Waals surface area contributed by atoms with E-state index in [9.17, 15) is 29.8 Å². The van der Waals surface area contributed by atoms with E-state index in [1.54, 1.807) is 5.48 Å². The Labute approximate surface area is 124 Å². The molecule has 0 fully saturated rings. The average molecular weight is 330 g/mol. The number of amides is 2. The molecule has 0 rings (SSSR count). The zero-order chi connectivity index (χ0) is 16.4. The molecule has 0 saturated heterocycles. The molecule has 0 aromatic rings. The highest BCUT2D eigenvalue weighted by Crippen LogP contribution is 2.08. The van der Waals surface area contributed by atoms with Crippen molar-refractivity contribution in [2.75, 3.05) is 19.0 Å². The van der Waals surface area contributed by atoms with Gasteiger partial charge in [-0.3, -0.25) is 4.84 Å². The zero-order valence-electron chi connectivity index (χ0n) is 10.7. The highest BCUT2D eigenvalue weighted by molar-refractivity contribution is 6.18. The Balaban J connectivity index is 4.72. The molecule has 0 aliphatic rings. The van der Waals surface area contributed by atoms with Crippen molar-refractivity contribution < 1.29 is 34.9 Å². The number of hydrogen-bond acceptors (Lipinski definition) is 9. The Morgan fingerprint density at radius 3 is 2.48 bits per heavy atom. The van der Waals surface area contributed by atoms with E-state index in [1.165, 1.54) is 0 Å². The molecule has 0 spiro atoms. The SMILES string of the molecule is O=C[C@H](O)[C@@H](ONC(=O)N(CCCl)N=O)[C@H](O)[C@H](O)CO. The lowest BCUT2D eigenvalue weighted by molar-refractivity contribution is -0.164. The lowest BCUT2D eigenvalue weighted by Gasteiger charge is -2.27. The first-order chi connectivity index (χ1) is 9.92. The molecule has 11 nitrogen and oxygen atoms in total. The number of alkyl halides is 1. The maximum Gasteiger partial charge on any atom is 0.364 e. The smallest absolute Gasteiger partial charge is 0.364 e. The topological polar surface area (TPSA) is 169 Å². The predicted octanol–water partition coefficient (Wildman–Crippen LogP) is -2.51. The van der Waals surface area contributed by atoms with Crippen LogP contribution in [0.5, 0.6) is 0 Å². The van der Waals surface area contributed by atoms with E-state index >= 15 is 0 Å². The molecule has 0 aliphatic heterocycles. The summed E-state index contributed by atoms with van der Waals surface area (Å²) >= 11 is 5.32.